The average molecular weight is 411 g/mol. The molecule has 1 aromatic carbocycles. The van der Waals surface area contributed by atoms with Gasteiger partial charge in [-0.2, -0.15) is 36.4 Å². The van der Waals surface area contributed by atoms with Crippen LogP contribution in [-0.2, 0) is 45.0 Å². The first-order valence-corrected chi connectivity index (χ1v) is 3.35. The number of rotatable bonds is 0. The molecule has 0 saturated heterocycles. The Morgan fingerprint density at radius 1 is 0.529 bits per heavy atom. The summed E-state index contributed by atoms with van der Waals surface area (Å²) in [7, 11) is 0. The Bertz CT molecular complexity index is 136. The molecule has 0 spiro atoms. The Labute approximate surface area is 115 Å². The molecule has 0 radical (unpaired) electrons. The summed E-state index contributed by atoms with van der Waals surface area (Å²) in [6.45, 7) is 10.0. The average Bonchev–Trinajstić information content (AvgIpc) is 2.51. The van der Waals surface area contributed by atoms with E-state index >= 15 is 0 Å². The van der Waals surface area contributed by atoms with Gasteiger partial charge in [0.2, 0.25) is 0 Å². The van der Waals surface area contributed by atoms with E-state index in [4.69, 9.17) is 24.0 Å². The second kappa shape index (κ2) is 138. The molecule has 17 heavy (non-hydrogen) atoms. The fourth-order valence-corrected chi connectivity index (χ4v) is 0.342. The van der Waals surface area contributed by atoms with Crippen molar-refractivity contribution in [3.8, 4) is 0 Å². The third kappa shape index (κ3) is 118. The van der Waals surface area contributed by atoms with Gasteiger partial charge in [0, 0.05) is 21.1 Å². The quantitative estimate of drug-likeness (QED) is 0.583. The molecule has 0 amide bonds. The van der Waals surface area contributed by atoms with Gasteiger partial charge < -0.3 is 24.0 Å². The topological polar surface area (TPSA) is 85.3 Å². The van der Waals surface area contributed by atoms with Crippen molar-refractivity contribution >= 4 is 33.9 Å². The molecule has 0 aliphatic rings. The molecule has 0 bridgehead atoms. The second-order valence-electron chi connectivity index (χ2n) is 1.08. The van der Waals surface area contributed by atoms with Crippen LogP contribution in [0.25, 0.3) is 0 Å². The predicted molar refractivity (Wildman–Crippen MR) is 60.9 cm³/mol. The van der Waals surface area contributed by atoms with E-state index in [9.17, 15) is 0 Å². The molecule has 0 aromatic heterocycles. The number of benzene rings is 1. The molecule has 0 heterocycles. The monoisotopic (exact) mass is 411 g/mol. The van der Waals surface area contributed by atoms with Crippen LogP contribution in [0, 0.1) is 6.07 Å². The molecular weight excluding hydrogens is 396 g/mol. The van der Waals surface area contributed by atoms with Gasteiger partial charge in [0.15, 0.2) is 0 Å². The van der Waals surface area contributed by atoms with Crippen molar-refractivity contribution in [1.29, 1.82) is 0 Å². The Morgan fingerprint density at radius 2 is 0.765 bits per heavy atom. The summed E-state index contributed by atoms with van der Waals surface area (Å²) in [6.07, 6.45) is 0. The van der Waals surface area contributed by atoms with Gasteiger partial charge in [0.1, 0.15) is 33.9 Å². The summed E-state index contributed by atoms with van der Waals surface area (Å²) in [6, 6.07) is 12.5. The Kier molecular flexibility index (Phi) is 294. The van der Waals surface area contributed by atoms with E-state index in [2.05, 4.69) is 6.07 Å². The van der Waals surface area contributed by atoms with Gasteiger partial charge in [-0.25, -0.2) is 0 Å². The van der Waals surface area contributed by atoms with Crippen LogP contribution in [0.2, 0.25) is 0 Å². The van der Waals surface area contributed by atoms with E-state index in [-0.39, 0.29) is 21.1 Å². The Balaban J connectivity index is -0.0000000242. The molecule has 1 rings (SSSR count). The molecular formula is C11H15O5W-. The molecule has 0 unspecified atom stereocenters. The van der Waals surface area contributed by atoms with Crippen LogP contribution in [0.15, 0.2) is 30.3 Å². The van der Waals surface area contributed by atoms with Gasteiger partial charge in [-0.1, -0.05) is 0 Å². The van der Waals surface area contributed by atoms with Crippen LogP contribution in [0.1, 0.15) is 0 Å². The van der Waals surface area contributed by atoms with Crippen LogP contribution >= 0.6 is 0 Å². The van der Waals surface area contributed by atoms with Crippen molar-refractivity contribution in [2.75, 3.05) is 0 Å². The molecule has 0 atom stereocenters. The SMILES string of the molecule is C=O.C=O.C=O.C=O.C=O.[W].[c-]1ccccc1. The first-order chi connectivity index (χ1) is 8.00. The van der Waals surface area contributed by atoms with Crippen molar-refractivity contribution in [3.63, 3.8) is 0 Å². The van der Waals surface area contributed by atoms with Crippen molar-refractivity contribution in [3.05, 3.63) is 36.4 Å². The molecule has 96 valence electrons. The maximum Gasteiger partial charge on any atom is 0.106 e. The molecule has 0 aliphatic heterocycles. The van der Waals surface area contributed by atoms with Crippen molar-refractivity contribution < 1.29 is 45.0 Å². The number of hydrogen-bond acceptors (Lipinski definition) is 5. The van der Waals surface area contributed by atoms with Gasteiger partial charge in [-0.15, -0.1) is 0 Å². The van der Waals surface area contributed by atoms with Crippen LogP contribution in [0.4, 0.5) is 0 Å². The normalized spacial score (nSPS) is 4.00. The zero-order valence-electron chi connectivity index (χ0n) is 9.37. The van der Waals surface area contributed by atoms with Crippen LogP contribution < -0.4 is 0 Å². The van der Waals surface area contributed by atoms with Gasteiger partial charge in [-0.3, -0.25) is 0 Å². The summed E-state index contributed by atoms with van der Waals surface area (Å²) >= 11 is 0. The van der Waals surface area contributed by atoms with Crippen LogP contribution in [0.5, 0.6) is 0 Å². The van der Waals surface area contributed by atoms with E-state index in [1.807, 2.05) is 64.3 Å². The fraction of sp³-hybridized carbons (Fsp3) is 0. The summed E-state index contributed by atoms with van der Waals surface area (Å²) < 4.78 is 0. The maximum absolute atomic E-state index is 8.00. The molecule has 1 aromatic rings. The van der Waals surface area contributed by atoms with E-state index in [0.29, 0.717) is 0 Å². The van der Waals surface area contributed by atoms with Crippen LogP contribution in [0.3, 0.4) is 0 Å². The molecule has 0 aliphatic carbocycles. The Morgan fingerprint density at radius 3 is 0.824 bits per heavy atom. The number of carbonyl (C=O) groups is 5. The summed E-state index contributed by atoms with van der Waals surface area (Å²) in [5.41, 5.74) is 0. The Hall–Kier alpha value is -1.74. The number of carbonyl (C=O) groups excluding carboxylic acids is 5. The minimum atomic E-state index is 0. The van der Waals surface area contributed by atoms with E-state index < -0.39 is 0 Å². The standard InChI is InChI=1S/C6H5.5CH2O.W/c1-2-4-6-5-3-1;5*1-2;/h1-5H;5*1H2;/q-1;;;;;;. The van der Waals surface area contributed by atoms with E-state index in [1.54, 1.807) is 0 Å². The van der Waals surface area contributed by atoms with Crippen molar-refractivity contribution in [2.24, 2.45) is 0 Å². The zero-order valence-corrected chi connectivity index (χ0v) is 12.3. The summed E-state index contributed by atoms with van der Waals surface area (Å²) in [5, 5.41) is 0. The molecule has 0 fully saturated rings. The summed E-state index contributed by atoms with van der Waals surface area (Å²) in [5.74, 6) is 0. The first-order valence-electron chi connectivity index (χ1n) is 3.35. The fourth-order valence-electron chi connectivity index (χ4n) is 0.342. The molecule has 0 saturated carbocycles. The summed E-state index contributed by atoms with van der Waals surface area (Å²) in [4.78, 5) is 40.0. The second-order valence-corrected chi connectivity index (χ2v) is 1.08. The minimum Gasteiger partial charge on any atom is -0.307 e. The van der Waals surface area contributed by atoms with Crippen LogP contribution in [-0.4, -0.2) is 33.9 Å². The number of hydrogen-bond donors (Lipinski definition) is 0. The first kappa shape index (κ1) is 36.2. The molecule has 6 heteroatoms. The zero-order chi connectivity index (χ0) is 14.2. The van der Waals surface area contributed by atoms with Crippen molar-refractivity contribution in [2.45, 2.75) is 0 Å². The molecule has 5 nitrogen and oxygen atoms in total. The van der Waals surface area contributed by atoms with Crippen molar-refractivity contribution in [1.82, 2.24) is 0 Å². The van der Waals surface area contributed by atoms with Gasteiger partial charge in [0.05, 0.1) is 0 Å². The van der Waals surface area contributed by atoms with Gasteiger partial charge >= 0.3 is 0 Å². The van der Waals surface area contributed by atoms with Gasteiger partial charge in [0.25, 0.3) is 0 Å². The maximum atomic E-state index is 8.00. The third-order valence-corrected chi connectivity index (χ3v) is 0.607. The van der Waals surface area contributed by atoms with Gasteiger partial charge in [-0.05, 0) is 0 Å². The predicted octanol–water partition coefficient (Wildman–Crippen LogP) is 0.560. The third-order valence-electron chi connectivity index (χ3n) is 0.607. The van der Waals surface area contributed by atoms with E-state index in [0.717, 1.165) is 0 Å². The smallest absolute Gasteiger partial charge is 0.106 e. The molecule has 0 N–H and O–H groups in total. The minimum absolute atomic E-state index is 0. The van der Waals surface area contributed by atoms with E-state index in [1.165, 1.54) is 0 Å². The largest absolute Gasteiger partial charge is 0.307 e.